The van der Waals surface area contributed by atoms with E-state index >= 15 is 0 Å². The van der Waals surface area contributed by atoms with Gasteiger partial charge in [0.15, 0.2) is 0 Å². The first-order valence-corrected chi connectivity index (χ1v) is 4.08. The van der Waals surface area contributed by atoms with Gasteiger partial charge < -0.3 is 5.32 Å². The van der Waals surface area contributed by atoms with E-state index in [1.165, 1.54) is 5.69 Å². The topological polar surface area (TPSA) is 29.9 Å². The Bertz CT molecular complexity index is 224. The Kier molecular flexibility index (Phi) is 2.92. The molecule has 11 heavy (non-hydrogen) atoms. The number of hydrogen-bond donors (Lipinski definition) is 1. The Morgan fingerprint density at radius 3 is 3.18 bits per heavy atom. The van der Waals surface area contributed by atoms with E-state index in [0.29, 0.717) is 0 Å². The van der Waals surface area contributed by atoms with E-state index < -0.39 is 0 Å². The van der Waals surface area contributed by atoms with Crippen molar-refractivity contribution in [2.24, 2.45) is 0 Å². The van der Waals surface area contributed by atoms with Crippen LogP contribution >= 0.6 is 28.3 Å². The van der Waals surface area contributed by atoms with E-state index in [2.05, 4.69) is 26.3 Å². The molecule has 0 saturated heterocycles. The second-order valence-corrected chi connectivity index (χ2v) is 3.17. The molecular formula is C6H9BrClN3. The van der Waals surface area contributed by atoms with Crippen molar-refractivity contribution in [2.45, 2.75) is 13.1 Å². The van der Waals surface area contributed by atoms with Crippen molar-refractivity contribution in [2.75, 3.05) is 6.54 Å². The van der Waals surface area contributed by atoms with Crippen molar-refractivity contribution < 1.29 is 0 Å². The fourth-order valence-corrected chi connectivity index (χ4v) is 1.61. The molecule has 2 heterocycles. The molecule has 0 aliphatic carbocycles. The third-order valence-corrected chi connectivity index (χ3v) is 2.03. The van der Waals surface area contributed by atoms with Gasteiger partial charge in [0, 0.05) is 13.1 Å². The molecule has 0 bridgehead atoms. The van der Waals surface area contributed by atoms with E-state index in [4.69, 9.17) is 0 Å². The zero-order chi connectivity index (χ0) is 6.97. The zero-order valence-electron chi connectivity index (χ0n) is 5.88. The Balaban J connectivity index is 0.000000605. The van der Waals surface area contributed by atoms with Gasteiger partial charge >= 0.3 is 0 Å². The third kappa shape index (κ3) is 1.75. The van der Waals surface area contributed by atoms with Crippen molar-refractivity contribution >= 4 is 28.3 Å². The van der Waals surface area contributed by atoms with Crippen LogP contribution in [-0.2, 0) is 13.1 Å². The second kappa shape index (κ2) is 3.56. The molecule has 0 atom stereocenters. The molecule has 0 fully saturated rings. The Morgan fingerprint density at radius 2 is 2.45 bits per heavy atom. The quantitative estimate of drug-likeness (QED) is 0.735. The molecular weight excluding hydrogens is 229 g/mol. The summed E-state index contributed by atoms with van der Waals surface area (Å²) in [6.07, 6.45) is 0. The maximum absolute atomic E-state index is 4.24. The average molecular weight is 239 g/mol. The summed E-state index contributed by atoms with van der Waals surface area (Å²) >= 11 is 3.33. The number of halogens is 2. The standard InChI is InChI=1S/C6H8BrN3.ClH/c7-6-3-5-4-8-1-2-10(5)9-6;/h3,8H,1-2,4H2;1H. The van der Waals surface area contributed by atoms with Gasteiger partial charge in [-0.15, -0.1) is 12.4 Å². The molecule has 0 unspecified atom stereocenters. The summed E-state index contributed by atoms with van der Waals surface area (Å²) < 4.78 is 2.96. The maximum atomic E-state index is 4.24. The Hall–Kier alpha value is -0.0600. The Labute approximate surface area is 79.7 Å². The van der Waals surface area contributed by atoms with Gasteiger partial charge in [-0.25, -0.2) is 0 Å². The maximum Gasteiger partial charge on any atom is 0.128 e. The van der Waals surface area contributed by atoms with E-state index in [0.717, 1.165) is 24.2 Å². The minimum atomic E-state index is 0. The monoisotopic (exact) mass is 237 g/mol. The third-order valence-electron chi connectivity index (χ3n) is 1.64. The highest BCUT2D eigenvalue weighted by atomic mass is 79.9. The van der Waals surface area contributed by atoms with Crippen LogP contribution in [0.5, 0.6) is 0 Å². The van der Waals surface area contributed by atoms with Gasteiger partial charge in [0.2, 0.25) is 0 Å². The predicted octanol–water partition coefficient (Wildman–Crippen LogP) is 1.17. The number of rotatable bonds is 0. The van der Waals surface area contributed by atoms with Gasteiger partial charge in [0.05, 0.1) is 12.2 Å². The molecule has 1 aromatic rings. The first-order chi connectivity index (χ1) is 4.86. The fraction of sp³-hybridized carbons (Fsp3) is 0.500. The summed E-state index contributed by atoms with van der Waals surface area (Å²) in [5.74, 6) is 0. The van der Waals surface area contributed by atoms with Gasteiger partial charge in [-0.05, 0) is 22.0 Å². The van der Waals surface area contributed by atoms with Crippen molar-refractivity contribution in [3.05, 3.63) is 16.4 Å². The SMILES string of the molecule is Brc1cc2n(n1)CCNC2.Cl. The summed E-state index contributed by atoms with van der Waals surface area (Å²) in [7, 11) is 0. The summed E-state index contributed by atoms with van der Waals surface area (Å²) in [4.78, 5) is 0. The van der Waals surface area contributed by atoms with Crippen LogP contribution in [-0.4, -0.2) is 16.3 Å². The van der Waals surface area contributed by atoms with Crippen LogP contribution in [0.25, 0.3) is 0 Å². The second-order valence-electron chi connectivity index (χ2n) is 2.36. The Morgan fingerprint density at radius 1 is 1.64 bits per heavy atom. The number of nitrogens with one attached hydrogen (secondary N) is 1. The number of nitrogens with zero attached hydrogens (tertiary/aromatic N) is 2. The van der Waals surface area contributed by atoms with Gasteiger partial charge in [0.25, 0.3) is 0 Å². The van der Waals surface area contributed by atoms with E-state index in [9.17, 15) is 0 Å². The van der Waals surface area contributed by atoms with Gasteiger partial charge in [-0.1, -0.05) is 0 Å². The largest absolute Gasteiger partial charge is 0.309 e. The molecule has 62 valence electrons. The molecule has 0 saturated carbocycles. The smallest absolute Gasteiger partial charge is 0.128 e. The van der Waals surface area contributed by atoms with E-state index in [1.807, 2.05) is 10.7 Å². The zero-order valence-corrected chi connectivity index (χ0v) is 8.28. The van der Waals surface area contributed by atoms with Gasteiger partial charge in [-0.2, -0.15) is 5.10 Å². The summed E-state index contributed by atoms with van der Waals surface area (Å²) in [5.41, 5.74) is 1.26. The molecule has 1 aliphatic heterocycles. The molecule has 5 heteroatoms. The highest BCUT2D eigenvalue weighted by Gasteiger charge is 2.08. The first-order valence-electron chi connectivity index (χ1n) is 3.29. The molecule has 0 spiro atoms. The highest BCUT2D eigenvalue weighted by Crippen LogP contribution is 2.11. The molecule has 1 aliphatic rings. The molecule has 0 aromatic carbocycles. The highest BCUT2D eigenvalue weighted by molar-refractivity contribution is 9.10. The van der Waals surface area contributed by atoms with Gasteiger partial charge in [0.1, 0.15) is 4.60 Å². The molecule has 3 nitrogen and oxygen atoms in total. The first kappa shape index (κ1) is 9.03. The van der Waals surface area contributed by atoms with Crippen LogP contribution in [0.3, 0.4) is 0 Å². The molecule has 1 N–H and O–H groups in total. The summed E-state index contributed by atoms with van der Waals surface area (Å²) in [5, 5.41) is 7.52. The van der Waals surface area contributed by atoms with Crippen molar-refractivity contribution in [3.63, 3.8) is 0 Å². The summed E-state index contributed by atoms with van der Waals surface area (Å²) in [6.45, 7) is 2.96. The fourth-order valence-electron chi connectivity index (χ4n) is 1.16. The molecule has 2 rings (SSSR count). The molecule has 0 radical (unpaired) electrons. The van der Waals surface area contributed by atoms with Crippen molar-refractivity contribution in [1.82, 2.24) is 15.1 Å². The van der Waals surface area contributed by atoms with Crippen LogP contribution in [0.15, 0.2) is 10.7 Å². The lowest BCUT2D eigenvalue weighted by atomic mass is 10.3. The lowest BCUT2D eigenvalue weighted by Gasteiger charge is -2.13. The number of aromatic nitrogens is 2. The lowest BCUT2D eigenvalue weighted by Crippen LogP contribution is -2.28. The minimum Gasteiger partial charge on any atom is -0.309 e. The predicted molar refractivity (Wildman–Crippen MR) is 48.9 cm³/mol. The lowest BCUT2D eigenvalue weighted by molar-refractivity contribution is 0.474. The van der Waals surface area contributed by atoms with E-state index in [1.54, 1.807) is 0 Å². The van der Waals surface area contributed by atoms with Crippen LogP contribution < -0.4 is 5.32 Å². The molecule has 0 amide bonds. The summed E-state index contributed by atoms with van der Waals surface area (Å²) in [6, 6.07) is 2.05. The van der Waals surface area contributed by atoms with Crippen molar-refractivity contribution in [3.8, 4) is 0 Å². The number of fused-ring (bicyclic) bond motifs is 1. The normalized spacial score (nSPS) is 15.4. The van der Waals surface area contributed by atoms with E-state index in [-0.39, 0.29) is 12.4 Å². The number of hydrogen-bond acceptors (Lipinski definition) is 2. The van der Waals surface area contributed by atoms with Crippen LogP contribution in [0.4, 0.5) is 0 Å². The van der Waals surface area contributed by atoms with Crippen LogP contribution in [0.1, 0.15) is 5.69 Å². The van der Waals surface area contributed by atoms with Crippen molar-refractivity contribution in [1.29, 1.82) is 0 Å². The minimum absolute atomic E-state index is 0. The average Bonchev–Trinajstić information content (AvgIpc) is 2.27. The van der Waals surface area contributed by atoms with Crippen LogP contribution in [0, 0.1) is 0 Å². The molecule has 1 aromatic heterocycles. The van der Waals surface area contributed by atoms with Crippen LogP contribution in [0.2, 0.25) is 0 Å². The van der Waals surface area contributed by atoms with Gasteiger partial charge in [-0.3, -0.25) is 4.68 Å².